The van der Waals surface area contributed by atoms with Crippen LogP contribution in [0.2, 0.25) is 0 Å². The van der Waals surface area contributed by atoms with Crippen molar-refractivity contribution in [2.24, 2.45) is 0 Å². The molecule has 0 aromatic carbocycles. The third-order valence-electron chi connectivity index (χ3n) is 1.45. The molecule has 0 atom stereocenters. The van der Waals surface area contributed by atoms with Crippen molar-refractivity contribution in [3.8, 4) is 0 Å². The molecular formula is C9H21NS. The van der Waals surface area contributed by atoms with Crippen LogP contribution in [0, 0.1) is 0 Å². The van der Waals surface area contributed by atoms with Gasteiger partial charge in [-0.05, 0) is 36.9 Å². The van der Waals surface area contributed by atoms with Crippen molar-refractivity contribution < 1.29 is 0 Å². The fourth-order valence-corrected chi connectivity index (χ4v) is 1.69. The van der Waals surface area contributed by atoms with E-state index in [9.17, 15) is 0 Å². The molecule has 0 heterocycles. The fraction of sp³-hybridized carbons (Fsp3) is 1.00. The average Bonchev–Trinajstić information content (AvgIpc) is 1.96. The molecule has 0 spiro atoms. The highest BCUT2D eigenvalue weighted by molar-refractivity contribution is 7.99. The van der Waals surface area contributed by atoms with Crippen molar-refractivity contribution in [1.82, 2.24) is 5.32 Å². The maximum atomic E-state index is 3.33. The van der Waals surface area contributed by atoms with Gasteiger partial charge in [-0.15, -0.1) is 0 Å². The van der Waals surface area contributed by atoms with Gasteiger partial charge in [0.05, 0.1) is 0 Å². The van der Waals surface area contributed by atoms with Crippen LogP contribution in [0.1, 0.15) is 33.6 Å². The van der Waals surface area contributed by atoms with Gasteiger partial charge >= 0.3 is 0 Å². The van der Waals surface area contributed by atoms with E-state index in [2.05, 4.69) is 37.8 Å². The number of nitrogens with one attached hydrogen (secondary N) is 1. The first-order chi connectivity index (χ1) is 5.27. The lowest BCUT2D eigenvalue weighted by Gasteiger charge is -2.04. The van der Waals surface area contributed by atoms with E-state index in [1.807, 2.05) is 0 Å². The summed E-state index contributed by atoms with van der Waals surface area (Å²) in [5, 5.41) is 4.13. The molecule has 0 unspecified atom stereocenters. The minimum Gasteiger partial charge on any atom is -0.317 e. The second-order valence-electron chi connectivity index (χ2n) is 2.98. The van der Waals surface area contributed by atoms with E-state index in [1.165, 1.54) is 25.1 Å². The summed E-state index contributed by atoms with van der Waals surface area (Å²) in [4.78, 5) is 0. The van der Waals surface area contributed by atoms with Crippen molar-refractivity contribution in [1.29, 1.82) is 0 Å². The van der Waals surface area contributed by atoms with Crippen molar-refractivity contribution >= 4 is 11.8 Å². The predicted molar refractivity (Wildman–Crippen MR) is 55.4 cm³/mol. The standard InChI is InChI=1S/C9H21NS/c1-4-10-7-5-6-8-11-9(2)3/h9-10H,4-8H2,1-3H3. The first-order valence-corrected chi connectivity index (χ1v) is 5.64. The SMILES string of the molecule is CCNCCCCSC(C)C. The zero-order chi connectivity index (χ0) is 8.53. The van der Waals surface area contributed by atoms with E-state index in [1.54, 1.807) is 0 Å². The first-order valence-electron chi connectivity index (χ1n) is 4.59. The van der Waals surface area contributed by atoms with Crippen LogP contribution in [0.5, 0.6) is 0 Å². The smallest absolute Gasteiger partial charge is 0.000968 e. The van der Waals surface area contributed by atoms with Gasteiger partial charge in [0.1, 0.15) is 0 Å². The number of hydrogen-bond acceptors (Lipinski definition) is 2. The van der Waals surface area contributed by atoms with Gasteiger partial charge in [-0.3, -0.25) is 0 Å². The quantitative estimate of drug-likeness (QED) is 0.597. The maximum absolute atomic E-state index is 3.33. The molecule has 68 valence electrons. The number of unbranched alkanes of at least 4 members (excludes halogenated alkanes) is 1. The molecule has 0 amide bonds. The molecule has 0 aromatic heterocycles. The van der Waals surface area contributed by atoms with E-state index in [4.69, 9.17) is 0 Å². The largest absolute Gasteiger partial charge is 0.317 e. The van der Waals surface area contributed by atoms with E-state index < -0.39 is 0 Å². The Hall–Kier alpha value is 0.310. The summed E-state index contributed by atoms with van der Waals surface area (Å²) in [6, 6.07) is 0. The fourth-order valence-electron chi connectivity index (χ4n) is 0.848. The van der Waals surface area contributed by atoms with Crippen molar-refractivity contribution in [3.05, 3.63) is 0 Å². The summed E-state index contributed by atoms with van der Waals surface area (Å²) < 4.78 is 0. The number of thioether (sulfide) groups is 1. The average molecular weight is 175 g/mol. The summed E-state index contributed by atoms with van der Waals surface area (Å²) in [6.45, 7) is 8.97. The molecule has 0 aliphatic rings. The summed E-state index contributed by atoms with van der Waals surface area (Å²) in [6.07, 6.45) is 2.68. The minimum atomic E-state index is 0.800. The van der Waals surface area contributed by atoms with Crippen molar-refractivity contribution in [3.63, 3.8) is 0 Å². The lowest BCUT2D eigenvalue weighted by molar-refractivity contribution is 0.666. The Balaban J connectivity index is 2.80. The molecule has 1 N–H and O–H groups in total. The molecule has 0 aromatic rings. The summed E-state index contributed by atoms with van der Waals surface area (Å²) in [5.41, 5.74) is 0. The second-order valence-corrected chi connectivity index (χ2v) is 4.66. The number of rotatable bonds is 7. The molecule has 0 radical (unpaired) electrons. The lowest BCUT2D eigenvalue weighted by atomic mass is 10.3. The Bertz CT molecular complexity index is 74.0. The lowest BCUT2D eigenvalue weighted by Crippen LogP contribution is -2.13. The molecule has 0 aliphatic heterocycles. The van der Waals surface area contributed by atoms with Gasteiger partial charge in [0.2, 0.25) is 0 Å². The molecule has 11 heavy (non-hydrogen) atoms. The van der Waals surface area contributed by atoms with E-state index >= 15 is 0 Å². The molecular weight excluding hydrogens is 154 g/mol. The Morgan fingerprint density at radius 3 is 2.55 bits per heavy atom. The normalized spacial score (nSPS) is 10.9. The Labute approximate surface area is 75.3 Å². The summed E-state index contributed by atoms with van der Waals surface area (Å²) in [5.74, 6) is 1.32. The van der Waals surface area contributed by atoms with Crippen LogP contribution in [0.4, 0.5) is 0 Å². The Morgan fingerprint density at radius 1 is 1.27 bits per heavy atom. The first kappa shape index (κ1) is 11.3. The summed E-state index contributed by atoms with van der Waals surface area (Å²) >= 11 is 2.06. The molecule has 0 rings (SSSR count). The van der Waals surface area contributed by atoms with Crippen LogP contribution in [-0.2, 0) is 0 Å². The minimum absolute atomic E-state index is 0.800. The zero-order valence-corrected chi connectivity index (χ0v) is 8.84. The van der Waals surface area contributed by atoms with Crippen molar-refractivity contribution in [2.75, 3.05) is 18.8 Å². The predicted octanol–water partition coefficient (Wildman–Crippen LogP) is 2.52. The van der Waals surface area contributed by atoms with E-state index in [-0.39, 0.29) is 0 Å². The highest BCUT2D eigenvalue weighted by Gasteiger charge is 1.93. The van der Waals surface area contributed by atoms with Crippen LogP contribution in [0.15, 0.2) is 0 Å². The van der Waals surface area contributed by atoms with Gasteiger partial charge in [-0.25, -0.2) is 0 Å². The third-order valence-corrected chi connectivity index (χ3v) is 2.64. The molecule has 1 nitrogen and oxygen atoms in total. The molecule has 0 saturated heterocycles. The Kier molecular flexibility index (Phi) is 8.64. The number of hydrogen-bond donors (Lipinski definition) is 1. The topological polar surface area (TPSA) is 12.0 Å². The molecule has 0 saturated carbocycles. The monoisotopic (exact) mass is 175 g/mol. The van der Waals surface area contributed by atoms with Crippen molar-refractivity contribution in [2.45, 2.75) is 38.9 Å². The second kappa shape index (κ2) is 8.41. The zero-order valence-electron chi connectivity index (χ0n) is 8.02. The van der Waals surface area contributed by atoms with Gasteiger partial charge in [0.15, 0.2) is 0 Å². The molecule has 0 bridgehead atoms. The van der Waals surface area contributed by atoms with Gasteiger partial charge in [-0.2, -0.15) is 11.8 Å². The van der Waals surface area contributed by atoms with Crippen LogP contribution in [-0.4, -0.2) is 24.1 Å². The van der Waals surface area contributed by atoms with E-state index in [0.29, 0.717) is 0 Å². The van der Waals surface area contributed by atoms with Gasteiger partial charge in [0.25, 0.3) is 0 Å². The van der Waals surface area contributed by atoms with Gasteiger partial charge in [-0.1, -0.05) is 20.8 Å². The molecule has 2 heteroatoms. The van der Waals surface area contributed by atoms with E-state index in [0.717, 1.165) is 11.8 Å². The van der Waals surface area contributed by atoms with Crippen LogP contribution < -0.4 is 5.32 Å². The van der Waals surface area contributed by atoms with Gasteiger partial charge < -0.3 is 5.32 Å². The highest BCUT2D eigenvalue weighted by atomic mass is 32.2. The maximum Gasteiger partial charge on any atom is -0.000968 e. The van der Waals surface area contributed by atoms with Crippen LogP contribution in [0.3, 0.4) is 0 Å². The third kappa shape index (κ3) is 10.3. The molecule has 0 fully saturated rings. The van der Waals surface area contributed by atoms with Gasteiger partial charge in [0, 0.05) is 0 Å². The van der Waals surface area contributed by atoms with Crippen LogP contribution >= 0.6 is 11.8 Å². The Morgan fingerprint density at radius 2 is 2.00 bits per heavy atom. The summed E-state index contributed by atoms with van der Waals surface area (Å²) in [7, 11) is 0. The van der Waals surface area contributed by atoms with Crippen LogP contribution in [0.25, 0.3) is 0 Å². The highest BCUT2D eigenvalue weighted by Crippen LogP contribution is 2.10. The molecule has 0 aliphatic carbocycles.